The van der Waals surface area contributed by atoms with Gasteiger partial charge >= 0.3 is 0 Å². The second-order valence-corrected chi connectivity index (χ2v) is 4.83. The zero-order valence-corrected chi connectivity index (χ0v) is 13.2. The van der Waals surface area contributed by atoms with Crippen molar-refractivity contribution < 1.29 is 19.2 Å². The SMILES string of the molecule is COc1ccc(C(=O)/C=C/c2ccc([N+](=O)[O-])cc2N)c(OC)c1. The monoisotopic (exact) mass is 328 g/mol. The lowest BCUT2D eigenvalue weighted by Gasteiger charge is -2.08. The Bertz CT molecular complexity index is 815. The molecule has 0 aromatic heterocycles. The highest BCUT2D eigenvalue weighted by Gasteiger charge is 2.12. The molecule has 24 heavy (non-hydrogen) atoms. The van der Waals surface area contributed by atoms with Gasteiger partial charge in [-0.2, -0.15) is 0 Å². The summed E-state index contributed by atoms with van der Waals surface area (Å²) in [4.78, 5) is 22.5. The van der Waals surface area contributed by atoms with E-state index in [1.165, 1.54) is 44.6 Å². The number of non-ortho nitro benzene ring substituents is 1. The van der Waals surface area contributed by atoms with Crippen molar-refractivity contribution >= 4 is 23.2 Å². The molecule has 7 heteroatoms. The van der Waals surface area contributed by atoms with E-state index in [9.17, 15) is 14.9 Å². The Morgan fingerprint density at radius 3 is 2.50 bits per heavy atom. The van der Waals surface area contributed by atoms with Gasteiger partial charge in [0.2, 0.25) is 0 Å². The predicted molar refractivity (Wildman–Crippen MR) is 90.4 cm³/mol. The number of allylic oxidation sites excluding steroid dienone is 1. The molecule has 0 unspecified atom stereocenters. The van der Waals surface area contributed by atoms with E-state index < -0.39 is 4.92 Å². The number of nitrogens with two attached hydrogens (primary N) is 1. The van der Waals surface area contributed by atoms with Gasteiger partial charge < -0.3 is 15.2 Å². The molecule has 0 saturated heterocycles. The fraction of sp³-hybridized carbons (Fsp3) is 0.118. The van der Waals surface area contributed by atoms with Crippen LogP contribution in [-0.4, -0.2) is 24.9 Å². The van der Waals surface area contributed by atoms with Crippen LogP contribution in [-0.2, 0) is 0 Å². The van der Waals surface area contributed by atoms with Gasteiger partial charge in [-0.15, -0.1) is 0 Å². The lowest BCUT2D eigenvalue weighted by Crippen LogP contribution is -2.00. The largest absolute Gasteiger partial charge is 0.497 e. The molecular formula is C17H16N2O5. The molecule has 7 nitrogen and oxygen atoms in total. The maximum Gasteiger partial charge on any atom is 0.271 e. The number of methoxy groups -OCH3 is 2. The Kier molecular flexibility index (Phi) is 5.16. The maximum atomic E-state index is 12.3. The van der Waals surface area contributed by atoms with Crippen molar-refractivity contribution in [1.29, 1.82) is 0 Å². The molecule has 0 spiro atoms. The fourth-order valence-electron chi connectivity index (χ4n) is 2.08. The van der Waals surface area contributed by atoms with Crippen LogP contribution >= 0.6 is 0 Å². The van der Waals surface area contributed by atoms with Gasteiger partial charge in [0.1, 0.15) is 11.5 Å². The molecule has 2 aromatic rings. The number of carbonyl (C=O) groups is 1. The van der Waals surface area contributed by atoms with E-state index >= 15 is 0 Å². The molecule has 2 rings (SSSR count). The lowest BCUT2D eigenvalue weighted by molar-refractivity contribution is -0.384. The van der Waals surface area contributed by atoms with E-state index in [0.29, 0.717) is 22.6 Å². The zero-order valence-electron chi connectivity index (χ0n) is 13.2. The van der Waals surface area contributed by atoms with Gasteiger partial charge in [0.25, 0.3) is 5.69 Å². The third-order valence-electron chi connectivity index (χ3n) is 3.37. The molecule has 0 radical (unpaired) electrons. The molecule has 0 amide bonds. The summed E-state index contributed by atoms with van der Waals surface area (Å²) in [6, 6.07) is 8.93. The van der Waals surface area contributed by atoms with Crippen molar-refractivity contribution in [3.8, 4) is 11.5 Å². The second-order valence-electron chi connectivity index (χ2n) is 4.83. The molecule has 0 saturated carbocycles. The number of ether oxygens (including phenoxy) is 2. The molecule has 0 aliphatic heterocycles. The van der Waals surface area contributed by atoms with Gasteiger partial charge in [-0.25, -0.2) is 0 Å². The Labute approximate surface area is 138 Å². The Balaban J connectivity index is 2.26. The number of hydrogen-bond acceptors (Lipinski definition) is 6. The number of ketones is 1. The van der Waals surface area contributed by atoms with Gasteiger partial charge in [-0.05, 0) is 35.9 Å². The van der Waals surface area contributed by atoms with Crippen molar-refractivity contribution in [3.05, 3.63) is 63.7 Å². The van der Waals surface area contributed by atoms with E-state index in [1.807, 2.05) is 0 Å². The maximum absolute atomic E-state index is 12.3. The summed E-state index contributed by atoms with van der Waals surface area (Å²) >= 11 is 0. The van der Waals surface area contributed by atoms with Crippen LogP contribution in [0.25, 0.3) is 6.08 Å². The van der Waals surface area contributed by atoms with Crippen LogP contribution in [0.5, 0.6) is 11.5 Å². The van der Waals surface area contributed by atoms with Crippen molar-refractivity contribution in [2.24, 2.45) is 0 Å². The normalized spacial score (nSPS) is 10.6. The molecule has 0 aliphatic carbocycles. The van der Waals surface area contributed by atoms with Gasteiger partial charge in [0, 0.05) is 23.9 Å². The third-order valence-corrected chi connectivity index (χ3v) is 3.37. The fourth-order valence-corrected chi connectivity index (χ4v) is 2.08. The Morgan fingerprint density at radius 1 is 1.17 bits per heavy atom. The quantitative estimate of drug-likeness (QED) is 0.287. The van der Waals surface area contributed by atoms with Crippen LogP contribution < -0.4 is 15.2 Å². The number of rotatable bonds is 6. The number of nitrogens with zero attached hydrogens (tertiary/aromatic N) is 1. The number of nitro groups is 1. The van der Waals surface area contributed by atoms with Crippen LogP contribution in [0.2, 0.25) is 0 Å². The average Bonchev–Trinajstić information content (AvgIpc) is 2.59. The molecule has 0 atom stereocenters. The summed E-state index contributed by atoms with van der Waals surface area (Å²) in [5, 5.41) is 10.7. The predicted octanol–water partition coefficient (Wildman–Crippen LogP) is 3.09. The standard InChI is InChI=1S/C17H16N2O5/c1-23-13-6-7-14(17(10-13)24-2)16(20)8-4-11-3-5-12(19(21)22)9-15(11)18/h3-10H,18H2,1-2H3/b8-4+. The van der Waals surface area contributed by atoms with Crippen LogP contribution in [0.15, 0.2) is 42.5 Å². The number of anilines is 1. The molecule has 0 heterocycles. The number of hydrogen-bond donors (Lipinski definition) is 1. The summed E-state index contributed by atoms with van der Waals surface area (Å²) in [6.07, 6.45) is 2.84. The molecule has 124 valence electrons. The number of benzene rings is 2. The number of nitro benzene ring substituents is 1. The first-order valence-corrected chi connectivity index (χ1v) is 6.94. The van der Waals surface area contributed by atoms with Gasteiger partial charge in [-0.1, -0.05) is 0 Å². The first kappa shape index (κ1) is 17.0. The summed E-state index contributed by atoms with van der Waals surface area (Å²) < 4.78 is 10.3. The summed E-state index contributed by atoms with van der Waals surface area (Å²) in [7, 11) is 2.98. The lowest BCUT2D eigenvalue weighted by atomic mass is 10.1. The van der Waals surface area contributed by atoms with Crippen molar-refractivity contribution in [3.63, 3.8) is 0 Å². The van der Waals surface area contributed by atoms with E-state index in [4.69, 9.17) is 15.2 Å². The minimum absolute atomic E-state index is 0.104. The molecular weight excluding hydrogens is 312 g/mol. The summed E-state index contributed by atoms with van der Waals surface area (Å²) in [5.41, 5.74) is 6.77. The van der Waals surface area contributed by atoms with Crippen LogP contribution in [0.1, 0.15) is 15.9 Å². The zero-order chi connectivity index (χ0) is 17.7. The highest BCUT2D eigenvalue weighted by atomic mass is 16.6. The van der Waals surface area contributed by atoms with Gasteiger partial charge in [0.15, 0.2) is 5.78 Å². The second kappa shape index (κ2) is 7.28. The minimum Gasteiger partial charge on any atom is -0.497 e. The smallest absolute Gasteiger partial charge is 0.271 e. The first-order chi connectivity index (χ1) is 11.5. The van der Waals surface area contributed by atoms with Crippen LogP contribution in [0.4, 0.5) is 11.4 Å². The van der Waals surface area contributed by atoms with Crippen molar-refractivity contribution in [2.75, 3.05) is 20.0 Å². The topological polar surface area (TPSA) is 105 Å². The highest BCUT2D eigenvalue weighted by Crippen LogP contribution is 2.26. The minimum atomic E-state index is -0.531. The van der Waals surface area contributed by atoms with E-state index in [2.05, 4.69) is 0 Å². The molecule has 0 bridgehead atoms. The number of nitrogen functional groups attached to an aromatic ring is 1. The Hall–Kier alpha value is -3.35. The summed E-state index contributed by atoms with van der Waals surface area (Å²) in [5.74, 6) is 0.680. The van der Waals surface area contributed by atoms with E-state index in [-0.39, 0.29) is 17.2 Å². The average molecular weight is 328 g/mol. The summed E-state index contributed by atoms with van der Waals surface area (Å²) in [6.45, 7) is 0. The molecule has 2 aromatic carbocycles. The molecule has 0 fully saturated rings. The van der Waals surface area contributed by atoms with Crippen molar-refractivity contribution in [1.82, 2.24) is 0 Å². The number of carbonyl (C=O) groups excluding carboxylic acids is 1. The highest BCUT2D eigenvalue weighted by molar-refractivity contribution is 6.09. The van der Waals surface area contributed by atoms with E-state index in [1.54, 1.807) is 18.2 Å². The van der Waals surface area contributed by atoms with Crippen LogP contribution in [0, 0.1) is 10.1 Å². The molecule has 0 aliphatic rings. The Morgan fingerprint density at radius 2 is 1.92 bits per heavy atom. The van der Waals surface area contributed by atoms with Gasteiger partial charge in [0.05, 0.1) is 24.7 Å². The van der Waals surface area contributed by atoms with Crippen LogP contribution in [0.3, 0.4) is 0 Å². The van der Waals surface area contributed by atoms with Gasteiger partial charge in [-0.3, -0.25) is 14.9 Å². The van der Waals surface area contributed by atoms with Crippen molar-refractivity contribution in [2.45, 2.75) is 0 Å². The first-order valence-electron chi connectivity index (χ1n) is 6.94. The molecule has 2 N–H and O–H groups in total. The van der Waals surface area contributed by atoms with E-state index in [0.717, 1.165) is 0 Å². The third kappa shape index (κ3) is 3.70.